The monoisotopic (exact) mass is 142 g/mol. The Morgan fingerprint density at radius 2 is 1.22 bits per heavy atom. The highest BCUT2D eigenvalue weighted by Gasteiger charge is 2.24. The van der Waals surface area contributed by atoms with Gasteiger partial charge in [0.25, 0.3) is 0 Å². The molecule has 9 heavy (non-hydrogen) atoms. The number of hydrogen-bond donors (Lipinski definition) is 0. The molecule has 0 atom stereocenters. The molecular formula is C8H14S. The molecule has 0 aromatic carbocycles. The third kappa shape index (κ3) is 1.26. The summed E-state index contributed by atoms with van der Waals surface area (Å²) in [6, 6.07) is 0. The van der Waals surface area contributed by atoms with Gasteiger partial charge in [0.15, 0.2) is 0 Å². The Morgan fingerprint density at radius 3 is 1.67 bits per heavy atom. The summed E-state index contributed by atoms with van der Waals surface area (Å²) in [5, 5.41) is 0. The van der Waals surface area contributed by atoms with Crippen molar-refractivity contribution < 1.29 is 0 Å². The van der Waals surface area contributed by atoms with E-state index >= 15 is 0 Å². The minimum atomic E-state index is 1.11. The Labute approximate surface area is 61.4 Å². The van der Waals surface area contributed by atoms with Crippen LogP contribution in [0.25, 0.3) is 0 Å². The summed E-state index contributed by atoms with van der Waals surface area (Å²) < 4.78 is 0. The lowest BCUT2D eigenvalue weighted by molar-refractivity contribution is 0.326. The molecule has 0 nitrogen and oxygen atoms in total. The molecule has 52 valence electrons. The summed E-state index contributed by atoms with van der Waals surface area (Å²) in [5.74, 6) is 5.15. The third-order valence-electron chi connectivity index (χ3n) is 2.67. The van der Waals surface area contributed by atoms with Gasteiger partial charge in [0, 0.05) is 0 Å². The quantitative estimate of drug-likeness (QED) is 0.501. The molecule has 2 heterocycles. The Morgan fingerprint density at radius 1 is 0.778 bits per heavy atom. The van der Waals surface area contributed by atoms with E-state index in [9.17, 15) is 0 Å². The average Bonchev–Trinajstić information content (AvgIpc) is 2.21. The predicted molar refractivity (Wildman–Crippen MR) is 42.8 cm³/mol. The number of fused-ring (bicyclic) bond motifs is 4. The van der Waals surface area contributed by atoms with E-state index in [1.54, 1.807) is 0 Å². The molecule has 3 aliphatic rings. The maximum absolute atomic E-state index is 2.19. The van der Waals surface area contributed by atoms with E-state index in [-0.39, 0.29) is 0 Å². The van der Waals surface area contributed by atoms with Crippen LogP contribution >= 0.6 is 11.8 Å². The van der Waals surface area contributed by atoms with Gasteiger partial charge in [-0.3, -0.25) is 0 Å². The summed E-state index contributed by atoms with van der Waals surface area (Å²) in [6.45, 7) is 0. The van der Waals surface area contributed by atoms with Crippen LogP contribution in [0.15, 0.2) is 0 Å². The van der Waals surface area contributed by atoms with Gasteiger partial charge in [-0.2, -0.15) is 11.8 Å². The van der Waals surface area contributed by atoms with E-state index in [0.717, 1.165) is 11.8 Å². The van der Waals surface area contributed by atoms with Crippen LogP contribution in [0.3, 0.4) is 0 Å². The van der Waals surface area contributed by atoms with Gasteiger partial charge < -0.3 is 0 Å². The van der Waals surface area contributed by atoms with Gasteiger partial charge in [0.2, 0.25) is 0 Å². The van der Waals surface area contributed by atoms with E-state index < -0.39 is 0 Å². The van der Waals surface area contributed by atoms with Crippen LogP contribution in [0.4, 0.5) is 0 Å². The molecule has 2 bridgehead atoms. The molecule has 1 heteroatoms. The first-order valence-corrected chi connectivity index (χ1v) is 5.18. The molecule has 0 amide bonds. The van der Waals surface area contributed by atoms with Crippen LogP contribution < -0.4 is 0 Å². The second-order valence-electron chi connectivity index (χ2n) is 3.42. The number of rotatable bonds is 0. The zero-order chi connectivity index (χ0) is 6.10. The molecule has 0 aromatic rings. The molecule has 0 spiro atoms. The predicted octanol–water partition coefficient (Wildman–Crippen LogP) is 2.54. The van der Waals surface area contributed by atoms with Gasteiger partial charge in [-0.1, -0.05) is 0 Å². The van der Waals surface area contributed by atoms with Crippen LogP contribution in [0.1, 0.15) is 25.7 Å². The maximum atomic E-state index is 2.19. The molecule has 2 aliphatic heterocycles. The van der Waals surface area contributed by atoms with Gasteiger partial charge in [0.05, 0.1) is 0 Å². The first kappa shape index (κ1) is 6.09. The van der Waals surface area contributed by atoms with Crippen molar-refractivity contribution in [3.8, 4) is 0 Å². The summed E-state index contributed by atoms with van der Waals surface area (Å²) >= 11 is 2.19. The van der Waals surface area contributed by atoms with Crippen molar-refractivity contribution in [2.75, 3.05) is 11.5 Å². The van der Waals surface area contributed by atoms with Crippen molar-refractivity contribution in [1.82, 2.24) is 0 Å². The third-order valence-corrected chi connectivity index (χ3v) is 4.09. The molecule has 1 saturated carbocycles. The molecule has 0 radical (unpaired) electrons. The first-order chi connectivity index (χ1) is 4.45. The smallest absolute Gasteiger partial charge is 0.00390 e. The van der Waals surface area contributed by atoms with Gasteiger partial charge >= 0.3 is 0 Å². The topological polar surface area (TPSA) is 0 Å². The average molecular weight is 142 g/mol. The van der Waals surface area contributed by atoms with Crippen molar-refractivity contribution in [3.05, 3.63) is 0 Å². The fraction of sp³-hybridized carbons (Fsp3) is 1.00. The van der Waals surface area contributed by atoms with Gasteiger partial charge in [0.1, 0.15) is 0 Å². The minimum absolute atomic E-state index is 1.11. The van der Waals surface area contributed by atoms with Crippen LogP contribution in [0.5, 0.6) is 0 Å². The Bertz CT molecular complexity index is 75.2. The van der Waals surface area contributed by atoms with E-state index in [2.05, 4.69) is 11.8 Å². The number of thioether (sulfide) groups is 1. The van der Waals surface area contributed by atoms with Gasteiger partial charge in [-0.15, -0.1) is 0 Å². The Hall–Kier alpha value is 0.350. The van der Waals surface area contributed by atoms with Crippen LogP contribution in [0.2, 0.25) is 0 Å². The van der Waals surface area contributed by atoms with Crippen molar-refractivity contribution in [3.63, 3.8) is 0 Å². The fourth-order valence-electron chi connectivity index (χ4n) is 1.97. The van der Waals surface area contributed by atoms with Gasteiger partial charge in [-0.05, 0) is 49.0 Å². The molecule has 3 rings (SSSR count). The minimum Gasteiger partial charge on any atom is -0.161 e. The van der Waals surface area contributed by atoms with Crippen LogP contribution in [0, 0.1) is 11.8 Å². The molecule has 0 N–H and O–H groups in total. The molecule has 0 unspecified atom stereocenters. The maximum Gasteiger partial charge on any atom is -0.00390 e. The van der Waals surface area contributed by atoms with E-state index in [1.807, 2.05) is 0 Å². The second kappa shape index (κ2) is 2.53. The lowest BCUT2D eigenvalue weighted by atomic mass is 9.84. The van der Waals surface area contributed by atoms with Crippen molar-refractivity contribution in [1.29, 1.82) is 0 Å². The molecule has 1 aliphatic carbocycles. The lowest BCUT2D eigenvalue weighted by Gasteiger charge is -2.21. The standard InChI is InChI=1S/C8H14S/c1-2-8-4-3-7(1)5-9-6-8/h7-8H,1-6H2. The van der Waals surface area contributed by atoms with E-state index in [4.69, 9.17) is 0 Å². The summed E-state index contributed by atoms with van der Waals surface area (Å²) in [4.78, 5) is 0. The second-order valence-corrected chi connectivity index (χ2v) is 4.50. The lowest BCUT2D eigenvalue weighted by Crippen LogP contribution is -2.11. The van der Waals surface area contributed by atoms with Gasteiger partial charge in [-0.25, -0.2) is 0 Å². The number of hydrogen-bond acceptors (Lipinski definition) is 1. The first-order valence-electron chi connectivity index (χ1n) is 4.03. The van der Waals surface area contributed by atoms with Crippen molar-refractivity contribution in [2.45, 2.75) is 25.7 Å². The fourth-order valence-corrected chi connectivity index (χ4v) is 3.44. The summed E-state index contributed by atoms with van der Waals surface area (Å²) in [5.41, 5.74) is 0. The summed E-state index contributed by atoms with van der Waals surface area (Å²) in [7, 11) is 0. The van der Waals surface area contributed by atoms with Crippen LogP contribution in [-0.2, 0) is 0 Å². The van der Waals surface area contributed by atoms with Crippen molar-refractivity contribution >= 4 is 11.8 Å². The van der Waals surface area contributed by atoms with E-state index in [0.29, 0.717) is 0 Å². The molecule has 2 saturated heterocycles. The zero-order valence-electron chi connectivity index (χ0n) is 5.81. The highest BCUT2D eigenvalue weighted by Crippen LogP contribution is 2.37. The summed E-state index contributed by atoms with van der Waals surface area (Å²) in [6.07, 6.45) is 6.16. The largest absolute Gasteiger partial charge is 0.161 e. The Kier molecular flexibility index (Phi) is 1.71. The van der Waals surface area contributed by atoms with E-state index in [1.165, 1.54) is 37.2 Å². The molecule has 3 fully saturated rings. The van der Waals surface area contributed by atoms with Crippen LogP contribution in [-0.4, -0.2) is 11.5 Å². The Balaban J connectivity index is 2.03. The highest BCUT2D eigenvalue weighted by molar-refractivity contribution is 7.99. The highest BCUT2D eigenvalue weighted by atomic mass is 32.2. The zero-order valence-corrected chi connectivity index (χ0v) is 6.62. The SMILES string of the molecule is C1CC2CCC1CSC2. The van der Waals surface area contributed by atoms with Crippen molar-refractivity contribution in [2.24, 2.45) is 11.8 Å². The molecule has 0 aromatic heterocycles. The normalized spacial score (nSPS) is 42.7. The molecular weight excluding hydrogens is 128 g/mol.